The molecule has 0 aromatic carbocycles. The van der Waals surface area contributed by atoms with E-state index in [0.717, 1.165) is 17.4 Å². The van der Waals surface area contributed by atoms with Crippen LogP contribution < -0.4 is 0 Å². The molecule has 18 heavy (non-hydrogen) atoms. The van der Waals surface area contributed by atoms with E-state index in [0.29, 0.717) is 5.92 Å². The smallest absolute Gasteiger partial charge is 0.200 e. The molecule has 0 bridgehead atoms. The molecular weight excluding hydrogens is 228 g/mol. The Hall–Kier alpha value is -1.00. The lowest BCUT2D eigenvalue weighted by molar-refractivity contribution is -0.108. The average Bonchev–Trinajstić information content (AvgIpc) is 2.41. The van der Waals surface area contributed by atoms with Crippen LogP contribution in [0.15, 0.2) is 12.3 Å². The molecule has 4 nitrogen and oxygen atoms in total. The van der Waals surface area contributed by atoms with Crippen LogP contribution in [-0.4, -0.2) is 24.2 Å². The molecule has 1 aliphatic rings. The molecule has 1 aromatic rings. The van der Waals surface area contributed by atoms with Gasteiger partial charge in [0, 0.05) is 26.3 Å². The van der Waals surface area contributed by atoms with E-state index < -0.39 is 6.29 Å². The first-order valence-electron chi connectivity index (χ1n) is 6.63. The number of methoxy groups -OCH3 is 2. The van der Waals surface area contributed by atoms with Gasteiger partial charge in [-0.25, -0.2) is 9.97 Å². The summed E-state index contributed by atoms with van der Waals surface area (Å²) in [4.78, 5) is 9.04. The quantitative estimate of drug-likeness (QED) is 0.770. The summed E-state index contributed by atoms with van der Waals surface area (Å²) in [6.07, 6.45) is 6.40. The normalized spacial score (nSPS) is 24.4. The van der Waals surface area contributed by atoms with Gasteiger partial charge < -0.3 is 9.47 Å². The molecule has 1 saturated carbocycles. The van der Waals surface area contributed by atoms with Crippen molar-refractivity contribution in [2.24, 2.45) is 5.92 Å². The fourth-order valence-electron chi connectivity index (χ4n) is 2.72. The first-order valence-corrected chi connectivity index (χ1v) is 6.63. The van der Waals surface area contributed by atoms with E-state index >= 15 is 0 Å². The lowest BCUT2D eigenvalue weighted by Crippen LogP contribution is -2.16. The van der Waals surface area contributed by atoms with Gasteiger partial charge in [-0.3, -0.25) is 0 Å². The van der Waals surface area contributed by atoms with Crippen molar-refractivity contribution in [2.75, 3.05) is 14.2 Å². The van der Waals surface area contributed by atoms with Crippen molar-refractivity contribution in [1.82, 2.24) is 9.97 Å². The topological polar surface area (TPSA) is 44.2 Å². The first kappa shape index (κ1) is 13.4. The number of nitrogens with zero attached hydrogens (tertiary/aromatic N) is 2. The Labute approximate surface area is 109 Å². The van der Waals surface area contributed by atoms with Crippen LogP contribution in [0.2, 0.25) is 0 Å². The molecule has 0 radical (unpaired) electrons. The van der Waals surface area contributed by atoms with Crippen molar-refractivity contribution in [3.8, 4) is 0 Å². The lowest BCUT2D eigenvalue weighted by atomic mass is 9.82. The van der Waals surface area contributed by atoms with Gasteiger partial charge in [-0.2, -0.15) is 0 Å². The predicted octanol–water partition coefficient (Wildman–Crippen LogP) is 3.06. The average molecular weight is 250 g/mol. The van der Waals surface area contributed by atoms with E-state index in [1.165, 1.54) is 25.7 Å². The summed E-state index contributed by atoms with van der Waals surface area (Å²) in [5.74, 6) is 2.21. The zero-order chi connectivity index (χ0) is 13.0. The Kier molecular flexibility index (Phi) is 4.66. The maximum Gasteiger partial charge on any atom is 0.200 e. The summed E-state index contributed by atoms with van der Waals surface area (Å²) in [6, 6.07) is 1.85. The van der Waals surface area contributed by atoms with Gasteiger partial charge in [-0.15, -0.1) is 0 Å². The molecule has 2 atom stereocenters. The van der Waals surface area contributed by atoms with Crippen LogP contribution >= 0.6 is 0 Å². The first-order chi connectivity index (χ1) is 8.74. The van der Waals surface area contributed by atoms with Crippen LogP contribution in [0.1, 0.15) is 56.3 Å². The van der Waals surface area contributed by atoms with E-state index in [-0.39, 0.29) is 0 Å². The maximum atomic E-state index is 5.24. The van der Waals surface area contributed by atoms with Gasteiger partial charge in [0.15, 0.2) is 0 Å². The molecule has 1 aliphatic carbocycles. The van der Waals surface area contributed by atoms with Crippen molar-refractivity contribution in [3.63, 3.8) is 0 Å². The van der Waals surface area contributed by atoms with Crippen LogP contribution in [-0.2, 0) is 9.47 Å². The second-order valence-corrected chi connectivity index (χ2v) is 5.11. The van der Waals surface area contributed by atoms with E-state index in [1.54, 1.807) is 14.2 Å². The Morgan fingerprint density at radius 3 is 2.72 bits per heavy atom. The summed E-state index contributed by atoms with van der Waals surface area (Å²) in [6.45, 7) is 2.31. The zero-order valence-electron chi connectivity index (χ0n) is 11.4. The molecule has 1 fully saturated rings. The zero-order valence-corrected chi connectivity index (χ0v) is 11.4. The van der Waals surface area contributed by atoms with Crippen LogP contribution in [0.4, 0.5) is 0 Å². The summed E-state index contributed by atoms with van der Waals surface area (Å²) >= 11 is 0. The molecule has 1 heterocycles. The summed E-state index contributed by atoms with van der Waals surface area (Å²) < 4.78 is 10.5. The van der Waals surface area contributed by atoms with E-state index in [1.807, 2.05) is 12.3 Å². The van der Waals surface area contributed by atoms with Crippen molar-refractivity contribution in [2.45, 2.75) is 44.8 Å². The third-order valence-corrected chi connectivity index (χ3v) is 3.67. The van der Waals surface area contributed by atoms with Crippen molar-refractivity contribution in [1.29, 1.82) is 0 Å². The number of aromatic nitrogens is 2. The molecule has 2 unspecified atom stereocenters. The Balaban J connectivity index is 2.15. The van der Waals surface area contributed by atoms with Crippen LogP contribution in [0, 0.1) is 5.92 Å². The number of hydrogen-bond acceptors (Lipinski definition) is 4. The van der Waals surface area contributed by atoms with Gasteiger partial charge >= 0.3 is 0 Å². The second kappa shape index (κ2) is 6.25. The SMILES string of the molecule is COC(OC)c1ccnc(C2CCCC(C)C2)n1. The van der Waals surface area contributed by atoms with Gasteiger partial charge in [-0.1, -0.05) is 19.8 Å². The molecule has 0 spiro atoms. The third kappa shape index (κ3) is 3.06. The van der Waals surface area contributed by atoms with Gasteiger partial charge in [0.1, 0.15) is 5.82 Å². The van der Waals surface area contributed by atoms with Crippen molar-refractivity contribution in [3.05, 3.63) is 23.8 Å². The highest BCUT2D eigenvalue weighted by molar-refractivity contribution is 5.08. The molecule has 0 aliphatic heterocycles. The molecular formula is C14H22N2O2. The van der Waals surface area contributed by atoms with Gasteiger partial charge in [0.05, 0.1) is 5.69 Å². The van der Waals surface area contributed by atoms with Gasteiger partial charge in [0.25, 0.3) is 0 Å². The lowest BCUT2D eigenvalue weighted by Gasteiger charge is -2.26. The predicted molar refractivity (Wildman–Crippen MR) is 69.2 cm³/mol. The molecule has 0 amide bonds. The standard InChI is InChI=1S/C14H22N2O2/c1-10-5-4-6-11(9-10)13-15-8-7-12(16-13)14(17-2)18-3/h7-8,10-11,14H,4-6,9H2,1-3H3. The van der Waals surface area contributed by atoms with E-state index in [4.69, 9.17) is 9.47 Å². The summed E-state index contributed by atoms with van der Waals surface area (Å²) in [5.41, 5.74) is 0.809. The number of ether oxygens (including phenoxy) is 2. The number of rotatable bonds is 4. The van der Waals surface area contributed by atoms with Crippen molar-refractivity contribution >= 4 is 0 Å². The van der Waals surface area contributed by atoms with E-state index in [9.17, 15) is 0 Å². The van der Waals surface area contributed by atoms with Crippen molar-refractivity contribution < 1.29 is 9.47 Å². The van der Waals surface area contributed by atoms with Crippen LogP contribution in [0.5, 0.6) is 0 Å². The van der Waals surface area contributed by atoms with Gasteiger partial charge in [0.2, 0.25) is 6.29 Å². The largest absolute Gasteiger partial charge is 0.350 e. The van der Waals surface area contributed by atoms with Crippen LogP contribution in [0.3, 0.4) is 0 Å². The Morgan fingerprint density at radius 2 is 2.06 bits per heavy atom. The molecule has 1 aromatic heterocycles. The molecule has 2 rings (SSSR count). The minimum atomic E-state index is -0.396. The minimum Gasteiger partial charge on any atom is -0.350 e. The second-order valence-electron chi connectivity index (χ2n) is 5.11. The molecule has 0 saturated heterocycles. The third-order valence-electron chi connectivity index (χ3n) is 3.67. The highest BCUT2D eigenvalue weighted by atomic mass is 16.7. The summed E-state index contributed by atoms with van der Waals surface area (Å²) in [7, 11) is 3.25. The van der Waals surface area contributed by atoms with E-state index in [2.05, 4.69) is 16.9 Å². The Morgan fingerprint density at radius 1 is 1.28 bits per heavy atom. The van der Waals surface area contributed by atoms with Gasteiger partial charge in [-0.05, 0) is 24.8 Å². The fourth-order valence-corrected chi connectivity index (χ4v) is 2.72. The summed E-state index contributed by atoms with van der Waals surface area (Å²) in [5, 5.41) is 0. The molecule has 4 heteroatoms. The van der Waals surface area contributed by atoms with Crippen LogP contribution in [0.25, 0.3) is 0 Å². The monoisotopic (exact) mass is 250 g/mol. The maximum absolute atomic E-state index is 5.24. The Bertz CT molecular complexity index is 380. The fraction of sp³-hybridized carbons (Fsp3) is 0.714. The molecule has 100 valence electrons. The minimum absolute atomic E-state index is 0.396. The highest BCUT2D eigenvalue weighted by Crippen LogP contribution is 2.34. The highest BCUT2D eigenvalue weighted by Gasteiger charge is 2.23. The number of hydrogen-bond donors (Lipinski definition) is 0. The molecule has 0 N–H and O–H groups in total.